The Balaban J connectivity index is 2.18. The maximum atomic E-state index is 11.3. The molecule has 1 aromatic rings. The predicted octanol–water partition coefficient (Wildman–Crippen LogP) is 0.467. The second-order valence-corrected chi connectivity index (χ2v) is 6.31. The van der Waals surface area contributed by atoms with E-state index in [-0.39, 0.29) is 11.3 Å². The third-order valence-electron chi connectivity index (χ3n) is 3.73. The molecule has 2 rings (SSSR count). The highest BCUT2D eigenvalue weighted by molar-refractivity contribution is 7.99. The maximum absolute atomic E-state index is 11.3. The van der Waals surface area contributed by atoms with Gasteiger partial charge in [0, 0.05) is 18.3 Å². The fraction of sp³-hybridized carbons (Fsp3) is 0.750. The highest BCUT2D eigenvalue weighted by Crippen LogP contribution is 2.35. The number of nitrogens with one attached hydrogen (secondary N) is 1. The van der Waals surface area contributed by atoms with Crippen LogP contribution in [-0.4, -0.2) is 26.1 Å². The zero-order valence-corrected chi connectivity index (χ0v) is 12.1. The molecule has 7 heteroatoms. The summed E-state index contributed by atoms with van der Waals surface area (Å²) in [5.74, 6) is 0.692. The first-order valence-electron chi connectivity index (χ1n) is 6.60. The fourth-order valence-corrected chi connectivity index (χ4v) is 3.73. The Morgan fingerprint density at radius 2 is 2.21 bits per heavy atom. The molecule has 0 amide bonds. The van der Waals surface area contributed by atoms with Crippen LogP contribution in [-0.2, 0) is 7.05 Å². The van der Waals surface area contributed by atoms with Crippen molar-refractivity contribution in [2.75, 3.05) is 0 Å². The average molecular weight is 284 g/mol. The summed E-state index contributed by atoms with van der Waals surface area (Å²) < 4.78 is 1.50. The van der Waals surface area contributed by atoms with Gasteiger partial charge in [-0.1, -0.05) is 25.1 Å². The first-order chi connectivity index (χ1) is 9.01. The second-order valence-electron chi connectivity index (χ2n) is 5.11. The Bertz CT molecular complexity index is 553. The number of H-pyrrole nitrogens is 1. The number of aromatic nitrogens is 3. The monoisotopic (exact) mass is 284 g/mol. The van der Waals surface area contributed by atoms with Gasteiger partial charge >= 0.3 is 11.1 Å². The van der Waals surface area contributed by atoms with Gasteiger partial charge in [-0.2, -0.15) is 4.98 Å². The molecule has 6 nitrogen and oxygen atoms in total. The molecule has 3 N–H and O–H groups in total. The third-order valence-corrected chi connectivity index (χ3v) is 5.15. The number of aromatic amines is 1. The lowest BCUT2D eigenvalue weighted by Crippen LogP contribution is -2.39. The molecule has 0 bridgehead atoms. The summed E-state index contributed by atoms with van der Waals surface area (Å²) in [4.78, 5) is 26.3. The number of hydrogen-bond donors (Lipinski definition) is 2. The van der Waals surface area contributed by atoms with Crippen molar-refractivity contribution < 1.29 is 0 Å². The summed E-state index contributed by atoms with van der Waals surface area (Å²) in [6.07, 6.45) is 4.37. The van der Waals surface area contributed by atoms with Crippen LogP contribution in [0.1, 0.15) is 32.6 Å². The summed E-state index contributed by atoms with van der Waals surface area (Å²) >= 11 is 1.50. The predicted molar refractivity (Wildman–Crippen MR) is 75.4 cm³/mol. The van der Waals surface area contributed by atoms with Gasteiger partial charge in [0.05, 0.1) is 0 Å². The van der Waals surface area contributed by atoms with E-state index in [9.17, 15) is 9.59 Å². The zero-order chi connectivity index (χ0) is 14.0. The molecule has 1 aromatic heterocycles. The third kappa shape index (κ3) is 3.27. The van der Waals surface area contributed by atoms with Crippen LogP contribution in [0, 0.1) is 5.92 Å². The average Bonchev–Trinajstić information content (AvgIpc) is 2.38. The van der Waals surface area contributed by atoms with Crippen molar-refractivity contribution >= 4 is 11.8 Å². The van der Waals surface area contributed by atoms with Gasteiger partial charge in [-0.25, -0.2) is 0 Å². The zero-order valence-electron chi connectivity index (χ0n) is 11.3. The summed E-state index contributed by atoms with van der Waals surface area (Å²) in [6, 6.07) is 0.122. The molecule has 3 unspecified atom stereocenters. The molecule has 1 heterocycles. The van der Waals surface area contributed by atoms with E-state index >= 15 is 0 Å². The Kier molecular flexibility index (Phi) is 4.46. The smallest absolute Gasteiger partial charge is 0.327 e. The van der Waals surface area contributed by atoms with Gasteiger partial charge in [-0.15, -0.1) is 0 Å². The van der Waals surface area contributed by atoms with Gasteiger partial charge in [0.25, 0.3) is 0 Å². The minimum atomic E-state index is -0.739. The van der Waals surface area contributed by atoms with Crippen molar-refractivity contribution in [2.24, 2.45) is 18.7 Å². The Morgan fingerprint density at radius 1 is 1.47 bits per heavy atom. The minimum absolute atomic E-state index is 0.122. The van der Waals surface area contributed by atoms with Crippen LogP contribution in [0.15, 0.2) is 14.7 Å². The molecular weight excluding hydrogens is 264 g/mol. The molecule has 106 valence electrons. The number of nitrogens with zero attached hydrogens (tertiary/aromatic N) is 2. The molecule has 0 aromatic carbocycles. The molecule has 0 spiro atoms. The Labute approximate surface area is 115 Å². The van der Waals surface area contributed by atoms with E-state index in [1.165, 1.54) is 22.9 Å². The summed E-state index contributed by atoms with van der Waals surface area (Å²) in [5.41, 5.74) is 4.73. The van der Waals surface area contributed by atoms with Crippen LogP contribution in [0.2, 0.25) is 0 Å². The van der Waals surface area contributed by atoms with E-state index in [4.69, 9.17) is 5.73 Å². The molecule has 0 aliphatic heterocycles. The quantitative estimate of drug-likeness (QED) is 0.787. The molecule has 1 aliphatic rings. The van der Waals surface area contributed by atoms with E-state index in [1.807, 2.05) is 0 Å². The first-order valence-corrected chi connectivity index (χ1v) is 7.48. The molecule has 19 heavy (non-hydrogen) atoms. The molecule has 1 aliphatic carbocycles. The van der Waals surface area contributed by atoms with E-state index in [1.54, 1.807) is 7.05 Å². The number of hydrogen-bond acceptors (Lipinski definition) is 5. The summed E-state index contributed by atoms with van der Waals surface area (Å²) in [6.45, 7) is 2.19. The van der Waals surface area contributed by atoms with Crippen molar-refractivity contribution in [3.05, 3.63) is 20.7 Å². The van der Waals surface area contributed by atoms with Crippen LogP contribution in [0.5, 0.6) is 0 Å². The highest BCUT2D eigenvalue weighted by atomic mass is 32.2. The fourth-order valence-electron chi connectivity index (χ4n) is 2.44. The molecule has 0 saturated heterocycles. The van der Waals surface area contributed by atoms with Gasteiger partial charge in [-0.3, -0.25) is 19.4 Å². The number of nitrogens with two attached hydrogens (primary N) is 1. The lowest BCUT2D eigenvalue weighted by Gasteiger charge is -2.33. The van der Waals surface area contributed by atoms with Gasteiger partial charge < -0.3 is 5.73 Å². The van der Waals surface area contributed by atoms with E-state index in [2.05, 4.69) is 17.0 Å². The van der Waals surface area contributed by atoms with Crippen molar-refractivity contribution in [3.63, 3.8) is 0 Å². The van der Waals surface area contributed by atoms with E-state index in [0.29, 0.717) is 11.1 Å². The SMILES string of the molecule is CCC1CCC(N)C(Sc2nc(=O)c(=O)[nH]n2C)C1. The molecule has 1 fully saturated rings. The highest BCUT2D eigenvalue weighted by Gasteiger charge is 2.29. The van der Waals surface area contributed by atoms with Crippen molar-refractivity contribution in [3.8, 4) is 0 Å². The molecule has 0 radical (unpaired) electrons. The van der Waals surface area contributed by atoms with Crippen LogP contribution < -0.4 is 16.9 Å². The minimum Gasteiger partial charge on any atom is -0.327 e. The maximum Gasteiger partial charge on any atom is 0.339 e. The first kappa shape index (κ1) is 14.3. The number of rotatable bonds is 3. The van der Waals surface area contributed by atoms with E-state index in [0.717, 1.165) is 19.3 Å². The second kappa shape index (κ2) is 5.92. The number of thioether (sulfide) groups is 1. The standard InChI is InChI=1S/C12H20N4O2S/c1-3-7-4-5-8(13)9(6-7)19-12-14-10(17)11(18)15-16(12)2/h7-9H,3-6,13H2,1-2H3,(H,15,18). The van der Waals surface area contributed by atoms with Crippen molar-refractivity contribution in [2.45, 2.75) is 49.1 Å². The lowest BCUT2D eigenvalue weighted by atomic mass is 9.84. The van der Waals surface area contributed by atoms with Gasteiger partial charge in [0.15, 0.2) is 5.16 Å². The van der Waals surface area contributed by atoms with Crippen molar-refractivity contribution in [1.82, 2.24) is 14.8 Å². The topological polar surface area (TPSA) is 93.8 Å². The van der Waals surface area contributed by atoms with Gasteiger partial charge in [0.1, 0.15) is 0 Å². The Hall–Kier alpha value is -1.08. The van der Waals surface area contributed by atoms with Gasteiger partial charge in [-0.05, 0) is 25.2 Å². The largest absolute Gasteiger partial charge is 0.339 e. The molecule has 1 saturated carbocycles. The molecular formula is C12H20N4O2S. The summed E-state index contributed by atoms with van der Waals surface area (Å²) in [5, 5.41) is 3.24. The normalized spacial score (nSPS) is 27.4. The van der Waals surface area contributed by atoms with Crippen LogP contribution in [0.3, 0.4) is 0 Å². The van der Waals surface area contributed by atoms with Crippen LogP contribution in [0.25, 0.3) is 0 Å². The van der Waals surface area contributed by atoms with E-state index < -0.39 is 11.1 Å². The number of aryl methyl sites for hydroxylation is 1. The van der Waals surface area contributed by atoms with Crippen LogP contribution in [0.4, 0.5) is 0 Å². The van der Waals surface area contributed by atoms with Gasteiger partial charge in [0.2, 0.25) is 0 Å². The van der Waals surface area contributed by atoms with Crippen molar-refractivity contribution in [1.29, 1.82) is 0 Å². The lowest BCUT2D eigenvalue weighted by molar-refractivity contribution is 0.327. The molecule has 3 atom stereocenters. The Morgan fingerprint density at radius 3 is 2.89 bits per heavy atom. The van der Waals surface area contributed by atoms with Crippen LogP contribution >= 0.6 is 11.8 Å². The summed E-state index contributed by atoms with van der Waals surface area (Å²) in [7, 11) is 1.68.